The van der Waals surface area contributed by atoms with Crippen molar-refractivity contribution in [3.63, 3.8) is 0 Å². The zero-order valence-electron chi connectivity index (χ0n) is 13.0. The van der Waals surface area contributed by atoms with Crippen molar-refractivity contribution < 1.29 is 4.79 Å². The van der Waals surface area contributed by atoms with E-state index < -0.39 is 0 Å². The van der Waals surface area contributed by atoms with E-state index in [0.717, 1.165) is 30.1 Å². The van der Waals surface area contributed by atoms with E-state index in [-0.39, 0.29) is 5.91 Å². The third-order valence-corrected chi connectivity index (χ3v) is 5.87. The molecule has 2 aromatic rings. The fraction of sp³-hybridized carbons (Fsp3) is 0.529. The van der Waals surface area contributed by atoms with E-state index in [0.29, 0.717) is 17.7 Å². The monoisotopic (exact) mass is 328 g/mol. The molecule has 0 radical (unpaired) electrons. The molecule has 1 amide bonds. The highest BCUT2D eigenvalue weighted by Crippen LogP contribution is 2.36. The molecule has 5 nitrogen and oxygen atoms in total. The summed E-state index contributed by atoms with van der Waals surface area (Å²) in [7, 11) is 0. The van der Waals surface area contributed by atoms with Crippen molar-refractivity contribution in [2.24, 2.45) is 5.92 Å². The van der Waals surface area contributed by atoms with Crippen molar-refractivity contribution in [2.45, 2.75) is 44.6 Å². The molecule has 1 aliphatic carbocycles. The van der Waals surface area contributed by atoms with Gasteiger partial charge in [0.25, 0.3) is 5.91 Å². The van der Waals surface area contributed by atoms with E-state index >= 15 is 0 Å². The molecule has 120 valence electrons. The summed E-state index contributed by atoms with van der Waals surface area (Å²) < 4.78 is 0. The third-order valence-electron chi connectivity index (χ3n) is 5.01. The van der Waals surface area contributed by atoms with Gasteiger partial charge in [0, 0.05) is 30.4 Å². The van der Waals surface area contributed by atoms with Gasteiger partial charge < -0.3 is 4.90 Å². The second-order valence-electron chi connectivity index (χ2n) is 6.38. The van der Waals surface area contributed by atoms with Gasteiger partial charge in [0.2, 0.25) is 0 Å². The second-order valence-corrected chi connectivity index (χ2v) is 7.24. The molecular formula is C17H20N4OS. The van der Waals surface area contributed by atoms with E-state index in [9.17, 15) is 4.79 Å². The first-order valence-corrected chi connectivity index (χ1v) is 9.24. The van der Waals surface area contributed by atoms with Crippen molar-refractivity contribution >= 4 is 17.2 Å². The molecule has 2 aromatic heterocycles. The largest absolute Gasteiger partial charge is 0.334 e. The summed E-state index contributed by atoms with van der Waals surface area (Å²) in [5.74, 6) is 0.783. The topological polar surface area (TPSA) is 59.0 Å². The number of likely N-dealkylation sites (tertiary alicyclic amines) is 1. The van der Waals surface area contributed by atoms with Crippen molar-refractivity contribution in [1.82, 2.24) is 19.9 Å². The minimum absolute atomic E-state index is 0.0887. The molecule has 0 spiro atoms. The lowest BCUT2D eigenvalue weighted by molar-refractivity contribution is 0.0684. The van der Waals surface area contributed by atoms with E-state index in [1.807, 2.05) is 5.38 Å². The van der Waals surface area contributed by atoms with Crippen LogP contribution in [0.3, 0.4) is 0 Å². The number of hydrogen-bond donors (Lipinski definition) is 0. The van der Waals surface area contributed by atoms with Crippen LogP contribution in [0.25, 0.3) is 10.7 Å². The minimum atomic E-state index is 0.0887. The first-order valence-electron chi connectivity index (χ1n) is 8.36. The molecule has 1 saturated carbocycles. The van der Waals surface area contributed by atoms with Gasteiger partial charge >= 0.3 is 0 Å². The lowest BCUT2D eigenvalue weighted by atomic mass is 9.96. The molecule has 3 heterocycles. The lowest BCUT2D eigenvalue weighted by Gasteiger charge is -2.28. The summed E-state index contributed by atoms with van der Waals surface area (Å²) in [6.45, 7) is 0.873. The normalized spacial score (nSPS) is 21.9. The maximum absolute atomic E-state index is 12.9. The molecule has 0 bridgehead atoms. The number of thiazole rings is 1. The maximum atomic E-state index is 12.9. The average Bonchev–Trinajstić information content (AvgIpc) is 3.34. The predicted octanol–water partition coefficient (Wildman–Crippen LogP) is 3.39. The van der Waals surface area contributed by atoms with Crippen LogP contribution in [-0.4, -0.2) is 38.3 Å². The highest BCUT2D eigenvalue weighted by Gasteiger charge is 2.36. The maximum Gasteiger partial charge on any atom is 0.273 e. The highest BCUT2D eigenvalue weighted by atomic mass is 32.1. The number of amides is 1. The smallest absolute Gasteiger partial charge is 0.273 e. The van der Waals surface area contributed by atoms with E-state index in [2.05, 4.69) is 19.9 Å². The van der Waals surface area contributed by atoms with Gasteiger partial charge in [-0.05, 0) is 31.6 Å². The summed E-state index contributed by atoms with van der Waals surface area (Å²) in [4.78, 5) is 27.8. The second kappa shape index (κ2) is 6.35. The van der Waals surface area contributed by atoms with Gasteiger partial charge in [-0.25, -0.2) is 4.98 Å². The highest BCUT2D eigenvalue weighted by molar-refractivity contribution is 7.13. The van der Waals surface area contributed by atoms with Gasteiger partial charge in [0.15, 0.2) is 0 Å². The summed E-state index contributed by atoms with van der Waals surface area (Å²) in [5, 5.41) is 2.62. The molecule has 4 rings (SSSR count). The molecule has 0 aromatic carbocycles. The van der Waals surface area contributed by atoms with Gasteiger partial charge in [-0.1, -0.05) is 12.8 Å². The summed E-state index contributed by atoms with van der Waals surface area (Å²) in [5.41, 5.74) is 1.28. The molecule has 23 heavy (non-hydrogen) atoms. The predicted molar refractivity (Wildman–Crippen MR) is 89.2 cm³/mol. The molecular weight excluding hydrogens is 308 g/mol. The molecule has 1 unspecified atom stereocenters. The van der Waals surface area contributed by atoms with Crippen molar-refractivity contribution in [2.75, 3.05) is 6.54 Å². The molecule has 6 heteroatoms. The van der Waals surface area contributed by atoms with Gasteiger partial charge in [0.05, 0.1) is 6.20 Å². The Morgan fingerprint density at radius 1 is 1.17 bits per heavy atom. The Hall–Kier alpha value is -1.82. The number of nitrogens with zero attached hydrogens (tertiary/aromatic N) is 4. The van der Waals surface area contributed by atoms with Crippen LogP contribution in [0.4, 0.5) is 0 Å². The lowest BCUT2D eigenvalue weighted by Crippen LogP contribution is -2.39. The van der Waals surface area contributed by atoms with Crippen molar-refractivity contribution in [3.8, 4) is 10.7 Å². The van der Waals surface area contributed by atoms with Crippen LogP contribution in [0.15, 0.2) is 24.0 Å². The Morgan fingerprint density at radius 2 is 2.04 bits per heavy atom. The molecule has 1 atom stereocenters. The number of hydrogen-bond acceptors (Lipinski definition) is 5. The molecule has 1 aliphatic heterocycles. The summed E-state index contributed by atoms with van der Waals surface area (Å²) in [6.07, 6.45) is 12.4. The summed E-state index contributed by atoms with van der Waals surface area (Å²) >= 11 is 1.46. The van der Waals surface area contributed by atoms with Crippen LogP contribution in [-0.2, 0) is 0 Å². The summed E-state index contributed by atoms with van der Waals surface area (Å²) in [6, 6.07) is 0.423. The first kappa shape index (κ1) is 14.8. The number of carbonyl (C=O) groups is 1. The van der Waals surface area contributed by atoms with Crippen molar-refractivity contribution in [3.05, 3.63) is 29.7 Å². The van der Waals surface area contributed by atoms with Crippen LogP contribution in [0.5, 0.6) is 0 Å². The number of rotatable bonds is 3. The zero-order valence-corrected chi connectivity index (χ0v) is 13.8. The van der Waals surface area contributed by atoms with Crippen LogP contribution < -0.4 is 0 Å². The van der Waals surface area contributed by atoms with Gasteiger partial charge in [-0.15, -0.1) is 11.3 Å². The van der Waals surface area contributed by atoms with Crippen LogP contribution in [0, 0.1) is 5.92 Å². The van der Waals surface area contributed by atoms with Gasteiger partial charge in [-0.3, -0.25) is 14.8 Å². The Balaban J connectivity index is 1.53. The Bertz CT molecular complexity index is 681. The Labute approximate surface area is 139 Å². The van der Waals surface area contributed by atoms with Crippen LogP contribution in [0.2, 0.25) is 0 Å². The van der Waals surface area contributed by atoms with Gasteiger partial charge in [0.1, 0.15) is 16.4 Å². The van der Waals surface area contributed by atoms with Crippen LogP contribution in [0.1, 0.15) is 49.0 Å². The van der Waals surface area contributed by atoms with Crippen LogP contribution >= 0.6 is 11.3 Å². The fourth-order valence-electron chi connectivity index (χ4n) is 3.92. The third kappa shape index (κ3) is 2.87. The molecule has 2 aliphatic rings. The zero-order chi connectivity index (χ0) is 15.6. The average molecular weight is 328 g/mol. The first-order chi connectivity index (χ1) is 11.3. The SMILES string of the molecule is O=C(c1csc(-c2cnccn2)n1)N1CCCC1C1CCCC1. The van der Waals surface area contributed by atoms with E-state index in [1.54, 1.807) is 18.6 Å². The van der Waals surface area contributed by atoms with E-state index in [4.69, 9.17) is 0 Å². The molecule has 1 saturated heterocycles. The number of carbonyl (C=O) groups excluding carboxylic acids is 1. The minimum Gasteiger partial charge on any atom is -0.334 e. The van der Waals surface area contributed by atoms with Crippen molar-refractivity contribution in [1.29, 1.82) is 0 Å². The Kier molecular flexibility index (Phi) is 4.08. The molecule has 0 N–H and O–H groups in total. The fourth-order valence-corrected chi connectivity index (χ4v) is 4.68. The molecule has 2 fully saturated rings. The van der Waals surface area contributed by atoms with E-state index in [1.165, 1.54) is 37.0 Å². The standard InChI is InChI=1S/C17H20N4OS/c22-17(21-9-3-6-15(21)12-4-1-2-5-12)14-11-23-16(20-14)13-10-18-7-8-19-13/h7-8,10-12,15H,1-6,9H2. The quantitative estimate of drug-likeness (QED) is 0.866. The van der Waals surface area contributed by atoms with Gasteiger partial charge in [-0.2, -0.15) is 0 Å². The Morgan fingerprint density at radius 3 is 2.83 bits per heavy atom. The number of aromatic nitrogens is 3.